The van der Waals surface area contributed by atoms with Crippen molar-refractivity contribution in [3.8, 4) is 0 Å². The molecule has 2 rings (SSSR count). The molecule has 94 valence electrons. The summed E-state index contributed by atoms with van der Waals surface area (Å²) in [6.45, 7) is 0. The monoisotopic (exact) mass is 269 g/mol. The predicted molar refractivity (Wildman–Crippen MR) is 61.3 cm³/mol. The summed E-state index contributed by atoms with van der Waals surface area (Å²) < 4.78 is 0. The summed E-state index contributed by atoms with van der Waals surface area (Å²) in [6, 6.07) is 1.06. The zero-order chi connectivity index (χ0) is 13.3. The summed E-state index contributed by atoms with van der Waals surface area (Å²) in [5.41, 5.74) is 0.255. The second-order valence-electron chi connectivity index (χ2n) is 3.61. The van der Waals surface area contributed by atoms with Gasteiger partial charge in [0.2, 0.25) is 0 Å². The molecule has 3 amide bonds. The van der Waals surface area contributed by atoms with Gasteiger partial charge in [-0.3, -0.25) is 9.59 Å². The van der Waals surface area contributed by atoms with Crippen LogP contribution in [0.3, 0.4) is 0 Å². The lowest BCUT2D eigenvalue weighted by molar-refractivity contribution is -0.139. The van der Waals surface area contributed by atoms with Crippen molar-refractivity contribution in [1.29, 1.82) is 0 Å². The first kappa shape index (κ1) is 12.3. The van der Waals surface area contributed by atoms with Crippen molar-refractivity contribution in [3.63, 3.8) is 0 Å². The molecule has 0 saturated carbocycles. The fourth-order valence-corrected chi connectivity index (χ4v) is 1.79. The van der Waals surface area contributed by atoms with Gasteiger partial charge in [0.1, 0.15) is 11.2 Å². The summed E-state index contributed by atoms with van der Waals surface area (Å²) in [5, 5.41) is 11.1. The third kappa shape index (κ3) is 2.25. The number of halogens is 1. The van der Waals surface area contributed by atoms with Crippen molar-refractivity contribution in [2.75, 3.05) is 4.90 Å². The van der Waals surface area contributed by atoms with Crippen LogP contribution in [-0.2, 0) is 9.59 Å². The van der Waals surface area contributed by atoms with Gasteiger partial charge in [-0.25, -0.2) is 14.7 Å². The normalized spacial score (nSPS) is 18.9. The minimum Gasteiger partial charge on any atom is -0.481 e. The summed E-state index contributed by atoms with van der Waals surface area (Å²) in [7, 11) is 0. The minimum atomic E-state index is -1.16. The van der Waals surface area contributed by atoms with Gasteiger partial charge in [0, 0.05) is 6.20 Å². The van der Waals surface area contributed by atoms with Gasteiger partial charge < -0.3 is 10.4 Å². The molecule has 0 bridgehead atoms. The fourth-order valence-electron chi connectivity index (χ4n) is 1.62. The maximum atomic E-state index is 11.9. The first-order valence-electron chi connectivity index (χ1n) is 4.97. The average Bonchev–Trinajstić information content (AvgIpc) is 2.53. The van der Waals surface area contributed by atoms with Crippen molar-refractivity contribution in [2.45, 2.75) is 12.5 Å². The smallest absolute Gasteiger partial charge is 0.329 e. The van der Waals surface area contributed by atoms with Crippen molar-refractivity contribution in [2.24, 2.45) is 0 Å². The van der Waals surface area contributed by atoms with Crippen LogP contribution in [0.1, 0.15) is 6.42 Å². The van der Waals surface area contributed by atoms with E-state index < -0.39 is 30.4 Å². The van der Waals surface area contributed by atoms with Gasteiger partial charge in [-0.15, -0.1) is 0 Å². The summed E-state index contributed by atoms with van der Waals surface area (Å²) in [6.07, 6.45) is 0.892. The number of anilines is 1. The lowest BCUT2D eigenvalue weighted by atomic mass is 10.2. The molecule has 0 aliphatic carbocycles. The van der Waals surface area contributed by atoms with Crippen LogP contribution in [0.2, 0.25) is 5.15 Å². The number of carboxylic acid groups (broad SMARTS) is 1. The lowest BCUT2D eigenvalue weighted by Gasteiger charge is -2.12. The number of carbonyl (C=O) groups excluding carboxylic acids is 2. The number of carboxylic acids is 1. The minimum absolute atomic E-state index is 0.134. The van der Waals surface area contributed by atoms with E-state index >= 15 is 0 Å². The maximum Gasteiger partial charge on any atom is 0.329 e. The van der Waals surface area contributed by atoms with Gasteiger partial charge in [0.15, 0.2) is 0 Å². The Morgan fingerprint density at radius 3 is 2.89 bits per heavy atom. The van der Waals surface area contributed by atoms with Gasteiger partial charge in [-0.2, -0.15) is 0 Å². The molecule has 2 N–H and O–H groups in total. The predicted octanol–water partition coefficient (Wildman–Crippen LogP) is 0.635. The summed E-state index contributed by atoms with van der Waals surface area (Å²) >= 11 is 5.66. The van der Waals surface area contributed by atoms with E-state index in [0.717, 1.165) is 4.90 Å². The van der Waals surface area contributed by atoms with Crippen LogP contribution < -0.4 is 10.2 Å². The molecular weight excluding hydrogens is 262 g/mol. The molecule has 0 spiro atoms. The zero-order valence-electron chi connectivity index (χ0n) is 8.96. The molecule has 1 atom stereocenters. The molecule has 1 saturated heterocycles. The molecule has 2 heterocycles. The Morgan fingerprint density at radius 1 is 1.56 bits per heavy atom. The van der Waals surface area contributed by atoms with Gasteiger partial charge in [0.05, 0.1) is 12.1 Å². The van der Waals surface area contributed by atoms with Crippen molar-refractivity contribution in [1.82, 2.24) is 10.3 Å². The molecule has 18 heavy (non-hydrogen) atoms. The van der Waals surface area contributed by atoms with Crippen LogP contribution >= 0.6 is 11.6 Å². The number of imide groups is 1. The first-order valence-corrected chi connectivity index (χ1v) is 5.34. The van der Waals surface area contributed by atoms with E-state index in [4.69, 9.17) is 16.7 Å². The standard InChI is InChI=1S/C10H8ClN3O4/c11-7-3-5(1-2-12-7)14-9(17)6(4-8(15)16)13-10(14)18/h1-3,6H,4H2,(H,13,18)(H,15,16)/t6-/m0/s1. The quantitative estimate of drug-likeness (QED) is 0.619. The number of hydrogen-bond donors (Lipinski definition) is 2. The Kier molecular flexibility index (Phi) is 3.15. The number of nitrogens with one attached hydrogen (secondary N) is 1. The highest BCUT2D eigenvalue weighted by Crippen LogP contribution is 2.22. The van der Waals surface area contributed by atoms with Gasteiger partial charge in [0.25, 0.3) is 5.91 Å². The van der Waals surface area contributed by atoms with Crippen LogP contribution in [0.4, 0.5) is 10.5 Å². The third-order valence-corrected chi connectivity index (χ3v) is 2.57. The molecular formula is C10H8ClN3O4. The zero-order valence-corrected chi connectivity index (χ0v) is 9.72. The molecule has 1 aromatic rings. The highest BCUT2D eigenvalue weighted by atomic mass is 35.5. The molecule has 0 unspecified atom stereocenters. The van der Waals surface area contributed by atoms with Crippen molar-refractivity contribution >= 4 is 35.2 Å². The van der Waals surface area contributed by atoms with Crippen LogP contribution in [0.15, 0.2) is 18.3 Å². The summed E-state index contributed by atoms with van der Waals surface area (Å²) in [4.78, 5) is 38.6. The van der Waals surface area contributed by atoms with Crippen molar-refractivity contribution in [3.05, 3.63) is 23.5 Å². The number of nitrogens with zero attached hydrogens (tertiary/aromatic N) is 2. The SMILES string of the molecule is O=C(O)C[C@@H]1NC(=O)N(c2ccnc(Cl)c2)C1=O. The highest BCUT2D eigenvalue weighted by Gasteiger charge is 2.40. The lowest BCUT2D eigenvalue weighted by Crippen LogP contribution is -2.32. The Bertz CT molecular complexity index is 534. The topological polar surface area (TPSA) is 99.6 Å². The molecule has 0 aromatic carbocycles. The Hall–Kier alpha value is -2.15. The largest absolute Gasteiger partial charge is 0.481 e. The van der Waals surface area contributed by atoms with E-state index in [-0.39, 0.29) is 10.8 Å². The number of hydrogen-bond acceptors (Lipinski definition) is 4. The van der Waals surface area contributed by atoms with Crippen LogP contribution in [0.25, 0.3) is 0 Å². The van der Waals surface area contributed by atoms with Gasteiger partial charge in [-0.1, -0.05) is 11.6 Å². The third-order valence-electron chi connectivity index (χ3n) is 2.37. The Morgan fingerprint density at radius 2 is 2.28 bits per heavy atom. The Labute approximate surface area is 106 Å². The van der Waals surface area contributed by atoms with E-state index in [2.05, 4.69) is 10.3 Å². The van der Waals surface area contributed by atoms with E-state index in [0.29, 0.717) is 0 Å². The second kappa shape index (κ2) is 4.61. The second-order valence-corrected chi connectivity index (χ2v) is 4.00. The van der Waals surface area contributed by atoms with Crippen LogP contribution in [0.5, 0.6) is 0 Å². The molecule has 1 fully saturated rings. The van der Waals surface area contributed by atoms with E-state index in [1.54, 1.807) is 0 Å². The highest BCUT2D eigenvalue weighted by molar-refractivity contribution is 6.30. The van der Waals surface area contributed by atoms with Crippen LogP contribution in [-0.4, -0.2) is 34.0 Å². The van der Waals surface area contributed by atoms with Gasteiger partial charge in [-0.05, 0) is 12.1 Å². The summed E-state index contributed by atoms with van der Waals surface area (Å²) in [5.74, 6) is -1.78. The average molecular weight is 270 g/mol. The van der Waals surface area contributed by atoms with Gasteiger partial charge >= 0.3 is 12.0 Å². The molecule has 1 aromatic heterocycles. The Balaban J connectivity index is 2.27. The molecule has 1 aliphatic heterocycles. The van der Waals surface area contributed by atoms with Crippen molar-refractivity contribution < 1.29 is 19.5 Å². The number of pyridine rings is 1. The number of urea groups is 1. The fraction of sp³-hybridized carbons (Fsp3) is 0.200. The molecule has 7 nitrogen and oxygen atoms in total. The first-order chi connectivity index (χ1) is 8.49. The molecule has 1 aliphatic rings. The number of rotatable bonds is 3. The van der Waals surface area contributed by atoms with Crippen LogP contribution in [0, 0.1) is 0 Å². The number of carbonyl (C=O) groups is 3. The number of amides is 3. The van der Waals surface area contributed by atoms with E-state index in [9.17, 15) is 14.4 Å². The number of aromatic nitrogens is 1. The maximum absolute atomic E-state index is 11.9. The van der Waals surface area contributed by atoms with E-state index in [1.807, 2.05) is 0 Å². The molecule has 8 heteroatoms. The van der Waals surface area contributed by atoms with E-state index in [1.165, 1.54) is 18.3 Å². The number of aliphatic carboxylic acids is 1. The molecule has 0 radical (unpaired) electrons.